The fraction of sp³-hybridized carbons (Fsp3) is 0.333. The van der Waals surface area contributed by atoms with Crippen molar-refractivity contribution in [1.29, 1.82) is 0 Å². The van der Waals surface area contributed by atoms with Gasteiger partial charge < -0.3 is 11.5 Å². The first-order chi connectivity index (χ1) is 5.18. The van der Waals surface area contributed by atoms with Gasteiger partial charge >= 0.3 is 0 Å². The van der Waals surface area contributed by atoms with Crippen LogP contribution in [-0.4, -0.2) is 6.04 Å². The Labute approximate surface area is 79.4 Å². The summed E-state index contributed by atoms with van der Waals surface area (Å²) in [6, 6.07) is 8.04. The van der Waals surface area contributed by atoms with Gasteiger partial charge in [-0.3, -0.25) is 0 Å². The lowest BCUT2D eigenvalue weighted by atomic mass is 10.1. The SMILES string of the molecule is CC(N)Cc1cccc(N)c1.Cl. The van der Waals surface area contributed by atoms with Gasteiger partial charge in [0.2, 0.25) is 0 Å². The molecule has 4 N–H and O–H groups in total. The third-order valence-electron chi connectivity index (χ3n) is 1.51. The summed E-state index contributed by atoms with van der Waals surface area (Å²) >= 11 is 0. The van der Waals surface area contributed by atoms with E-state index in [9.17, 15) is 0 Å². The minimum atomic E-state index is 0. The van der Waals surface area contributed by atoms with Gasteiger partial charge in [-0.05, 0) is 31.0 Å². The highest BCUT2D eigenvalue weighted by atomic mass is 35.5. The molecule has 1 rings (SSSR count). The van der Waals surface area contributed by atoms with Crippen LogP contribution >= 0.6 is 12.4 Å². The largest absolute Gasteiger partial charge is 0.399 e. The maximum atomic E-state index is 5.63. The summed E-state index contributed by atoms with van der Waals surface area (Å²) in [6.07, 6.45) is 0.894. The molecule has 12 heavy (non-hydrogen) atoms. The zero-order valence-corrected chi connectivity index (χ0v) is 7.97. The molecule has 68 valence electrons. The Bertz CT molecular complexity index is 236. The number of rotatable bonds is 2. The summed E-state index contributed by atoms with van der Waals surface area (Å²) in [6.45, 7) is 1.99. The van der Waals surface area contributed by atoms with Gasteiger partial charge in [-0.25, -0.2) is 0 Å². The molecule has 0 bridgehead atoms. The van der Waals surface area contributed by atoms with Gasteiger partial charge in [0.25, 0.3) is 0 Å². The Kier molecular flexibility index (Phi) is 4.71. The highest BCUT2D eigenvalue weighted by Crippen LogP contribution is 2.07. The zero-order valence-electron chi connectivity index (χ0n) is 7.16. The third-order valence-corrected chi connectivity index (χ3v) is 1.51. The van der Waals surface area contributed by atoms with Gasteiger partial charge in [-0.15, -0.1) is 12.4 Å². The molecule has 0 saturated carbocycles. The van der Waals surface area contributed by atoms with Crippen LogP contribution in [0, 0.1) is 0 Å². The molecule has 0 radical (unpaired) electrons. The highest BCUT2D eigenvalue weighted by Gasteiger charge is 1.96. The van der Waals surface area contributed by atoms with E-state index >= 15 is 0 Å². The number of anilines is 1. The molecule has 0 heterocycles. The van der Waals surface area contributed by atoms with Crippen LogP contribution in [0.4, 0.5) is 5.69 Å². The second-order valence-corrected chi connectivity index (χ2v) is 2.93. The first-order valence-electron chi connectivity index (χ1n) is 3.78. The summed E-state index contributed by atoms with van der Waals surface area (Å²) in [5, 5.41) is 0. The lowest BCUT2D eigenvalue weighted by molar-refractivity contribution is 0.738. The summed E-state index contributed by atoms with van der Waals surface area (Å²) in [5.41, 5.74) is 13.2. The number of hydrogen-bond donors (Lipinski definition) is 2. The highest BCUT2D eigenvalue weighted by molar-refractivity contribution is 5.85. The molecule has 1 atom stereocenters. The van der Waals surface area contributed by atoms with Crippen molar-refractivity contribution in [2.45, 2.75) is 19.4 Å². The fourth-order valence-electron chi connectivity index (χ4n) is 1.09. The standard InChI is InChI=1S/C9H14N2.ClH/c1-7(10)5-8-3-2-4-9(11)6-8;/h2-4,6-7H,5,10-11H2,1H3;1H. The Balaban J connectivity index is 0.00000121. The van der Waals surface area contributed by atoms with Crippen LogP contribution in [0.3, 0.4) is 0 Å². The molecule has 0 spiro atoms. The van der Waals surface area contributed by atoms with E-state index in [1.807, 2.05) is 31.2 Å². The van der Waals surface area contributed by atoms with Gasteiger partial charge in [0.15, 0.2) is 0 Å². The van der Waals surface area contributed by atoms with Crippen LogP contribution < -0.4 is 11.5 Å². The molecule has 1 unspecified atom stereocenters. The van der Waals surface area contributed by atoms with Crippen molar-refractivity contribution in [2.24, 2.45) is 5.73 Å². The van der Waals surface area contributed by atoms with Crippen molar-refractivity contribution in [2.75, 3.05) is 5.73 Å². The number of halogens is 1. The molecular weight excluding hydrogens is 172 g/mol. The van der Waals surface area contributed by atoms with E-state index < -0.39 is 0 Å². The molecule has 3 heteroatoms. The van der Waals surface area contributed by atoms with E-state index in [1.165, 1.54) is 5.56 Å². The minimum Gasteiger partial charge on any atom is -0.399 e. The third kappa shape index (κ3) is 3.60. The molecule has 0 fully saturated rings. The van der Waals surface area contributed by atoms with E-state index in [2.05, 4.69) is 0 Å². The number of nitrogens with two attached hydrogens (primary N) is 2. The molecule has 0 amide bonds. The second kappa shape index (κ2) is 5.01. The molecule has 1 aromatic carbocycles. The summed E-state index contributed by atoms with van der Waals surface area (Å²) in [5.74, 6) is 0. The van der Waals surface area contributed by atoms with Crippen molar-refractivity contribution < 1.29 is 0 Å². The van der Waals surface area contributed by atoms with Crippen LogP contribution in [0.25, 0.3) is 0 Å². The van der Waals surface area contributed by atoms with E-state index in [1.54, 1.807) is 0 Å². The Morgan fingerprint density at radius 2 is 2.08 bits per heavy atom. The van der Waals surface area contributed by atoms with Crippen molar-refractivity contribution in [3.8, 4) is 0 Å². The topological polar surface area (TPSA) is 52.0 Å². The van der Waals surface area contributed by atoms with Crippen LogP contribution in [0.2, 0.25) is 0 Å². The van der Waals surface area contributed by atoms with Gasteiger partial charge in [-0.1, -0.05) is 12.1 Å². The summed E-state index contributed by atoms with van der Waals surface area (Å²) in [7, 11) is 0. The minimum absolute atomic E-state index is 0. The van der Waals surface area contributed by atoms with Crippen molar-refractivity contribution >= 4 is 18.1 Å². The quantitative estimate of drug-likeness (QED) is 0.690. The smallest absolute Gasteiger partial charge is 0.0316 e. The van der Waals surface area contributed by atoms with Gasteiger partial charge in [0, 0.05) is 11.7 Å². The maximum absolute atomic E-state index is 5.63. The number of hydrogen-bond acceptors (Lipinski definition) is 2. The van der Waals surface area contributed by atoms with Crippen molar-refractivity contribution in [1.82, 2.24) is 0 Å². The van der Waals surface area contributed by atoms with Crippen LogP contribution in [0.5, 0.6) is 0 Å². The monoisotopic (exact) mass is 186 g/mol. The van der Waals surface area contributed by atoms with E-state index in [-0.39, 0.29) is 18.4 Å². The van der Waals surface area contributed by atoms with Crippen molar-refractivity contribution in [3.63, 3.8) is 0 Å². The molecular formula is C9H15ClN2. The first-order valence-corrected chi connectivity index (χ1v) is 3.78. The lowest BCUT2D eigenvalue weighted by Crippen LogP contribution is -2.17. The summed E-state index contributed by atoms with van der Waals surface area (Å²) < 4.78 is 0. The van der Waals surface area contributed by atoms with E-state index in [0.29, 0.717) is 0 Å². The molecule has 0 saturated heterocycles. The fourth-order valence-corrected chi connectivity index (χ4v) is 1.09. The molecule has 1 aromatic rings. The normalized spacial score (nSPS) is 11.8. The van der Waals surface area contributed by atoms with E-state index in [0.717, 1.165) is 12.1 Å². The van der Waals surface area contributed by atoms with Crippen LogP contribution in [-0.2, 0) is 6.42 Å². The van der Waals surface area contributed by atoms with Crippen LogP contribution in [0.1, 0.15) is 12.5 Å². The molecule has 0 aromatic heterocycles. The van der Waals surface area contributed by atoms with Crippen LogP contribution in [0.15, 0.2) is 24.3 Å². The average molecular weight is 187 g/mol. The molecule has 0 aliphatic carbocycles. The Hall–Kier alpha value is -0.730. The van der Waals surface area contributed by atoms with Gasteiger partial charge in [0.1, 0.15) is 0 Å². The molecule has 0 aliphatic heterocycles. The van der Waals surface area contributed by atoms with E-state index in [4.69, 9.17) is 11.5 Å². The first kappa shape index (κ1) is 11.3. The van der Waals surface area contributed by atoms with Gasteiger partial charge in [-0.2, -0.15) is 0 Å². The number of nitrogen functional groups attached to an aromatic ring is 1. The predicted octanol–water partition coefficient (Wildman–Crippen LogP) is 1.58. The second-order valence-electron chi connectivity index (χ2n) is 2.93. The average Bonchev–Trinajstić information content (AvgIpc) is 1.85. The molecule has 0 aliphatic rings. The lowest BCUT2D eigenvalue weighted by Gasteiger charge is -2.04. The zero-order chi connectivity index (χ0) is 8.27. The summed E-state index contributed by atoms with van der Waals surface area (Å²) in [4.78, 5) is 0. The Morgan fingerprint density at radius 1 is 1.42 bits per heavy atom. The number of benzene rings is 1. The maximum Gasteiger partial charge on any atom is 0.0316 e. The van der Waals surface area contributed by atoms with Crippen molar-refractivity contribution in [3.05, 3.63) is 29.8 Å². The predicted molar refractivity (Wildman–Crippen MR) is 55.5 cm³/mol. The van der Waals surface area contributed by atoms with Gasteiger partial charge in [0.05, 0.1) is 0 Å². The molecule has 2 nitrogen and oxygen atoms in total. The Morgan fingerprint density at radius 3 is 2.58 bits per heavy atom.